The van der Waals surface area contributed by atoms with Gasteiger partial charge in [0.2, 0.25) is 0 Å². The van der Waals surface area contributed by atoms with E-state index in [4.69, 9.17) is 5.11 Å². The van der Waals surface area contributed by atoms with Gasteiger partial charge in [-0.2, -0.15) is 0 Å². The second-order valence-electron chi connectivity index (χ2n) is 3.45. The highest BCUT2D eigenvalue weighted by atomic mass is 32.2. The summed E-state index contributed by atoms with van der Waals surface area (Å²) in [5.74, 6) is -1.13. The molecule has 2 N–H and O–H groups in total. The first-order valence-corrected chi connectivity index (χ1v) is 5.67. The molecule has 8 nitrogen and oxygen atoms in total. The molecule has 0 unspecified atom stereocenters. The molecular formula is C9H9N5O3S. The Bertz CT molecular complexity index is 662. The molecular weight excluding hydrogens is 258 g/mol. The van der Waals surface area contributed by atoms with Crippen molar-refractivity contribution >= 4 is 17.7 Å². The Morgan fingerprint density at radius 3 is 2.78 bits per heavy atom. The van der Waals surface area contributed by atoms with Crippen LogP contribution in [0.1, 0.15) is 16.2 Å². The van der Waals surface area contributed by atoms with Crippen LogP contribution in [0.2, 0.25) is 0 Å². The zero-order valence-corrected chi connectivity index (χ0v) is 10.4. The number of hydrogen-bond donors (Lipinski definition) is 2. The molecule has 2 aromatic heterocycles. The number of carboxylic acids is 1. The van der Waals surface area contributed by atoms with Crippen LogP contribution >= 0.6 is 11.8 Å². The number of hydrogen-bond acceptors (Lipinski definition) is 6. The third kappa shape index (κ3) is 2.40. The minimum absolute atomic E-state index is 0.0921. The maximum atomic E-state index is 11.2. The molecule has 0 aliphatic carbocycles. The molecule has 94 valence electrons. The molecule has 0 aromatic carbocycles. The number of carboxylic acid groups (broad SMARTS) is 1. The van der Waals surface area contributed by atoms with Gasteiger partial charge in [0, 0.05) is 12.7 Å². The third-order valence-electron chi connectivity index (χ3n) is 2.07. The Kier molecular flexibility index (Phi) is 3.15. The van der Waals surface area contributed by atoms with Gasteiger partial charge in [-0.3, -0.25) is 4.57 Å². The summed E-state index contributed by atoms with van der Waals surface area (Å²) >= 11 is 1.02. The quantitative estimate of drug-likeness (QED) is 0.755. The van der Waals surface area contributed by atoms with E-state index >= 15 is 0 Å². The molecule has 0 amide bonds. The molecule has 2 heterocycles. The number of carbonyl (C=O) groups is 1. The number of nitrogens with zero attached hydrogens (tertiary/aromatic N) is 4. The molecule has 18 heavy (non-hydrogen) atoms. The molecule has 2 rings (SSSR count). The molecule has 0 radical (unpaired) electrons. The van der Waals surface area contributed by atoms with Crippen LogP contribution in [0.25, 0.3) is 0 Å². The molecule has 0 atom stereocenters. The van der Waals surface area contributed by atoms with Gasteiger partial charge in [0.25, 0.3) is 0 Å². The fourth-order valence-corrected chi connectivity index (χ4v) is 2.01. The van der Waals surface area contributed by atoms with Crippen molar-refractivity contribution in [3.05, 3.63) is 27.9 Å². The number of aromatic nitrogens is 5. The van der Waals surface area contributed by atoms with Gasteiger partial charge in [-0.1, -0.05) is 0 Å². The van der Waals surface area contributed by atoms with E-state index in [1.54, 1.807) is 14.0 Å². The van der Waals surface area contributed by atoms with Crippen LogP contribution in [-0.2, 0) is 7.05 Å². The molecule has 0 aliphatic rings. The number of nitrogens with one attached hydrogen (secondary N) is 1. The number of aryl methyl sites for hydroxylation is 1. The van der Waals surface area contributed by atoms with Gasteiger partial charge in [-0.15, -0.1) is 5.10 Å². The van der Waals surface area contributed by atoms with Crippen molar-refractivity contribution in [1.82, 2.24) is 24.7 Å². The van der Waals surface area contributed by atoms with Crippen molar-refractivity contribution in [2.45, 2.75) is 17.2 Å². The van der Waals surface area contributed by atoms with Crippen LogP contribution in [-0.4, -0.2) is 35.8 Å². The fraction of sp³-hybridized carbons (Fsp3) is 0.222. The van der Waals surface area contributed by atoms with E-state index in [9.17, 15) is 9.59 Å². The van der Waals surface area contributed by atoms with Crippen molar-refractivity contribution in [3.63, 3.8) is 0 Å². The minimum atomic E-state index is -1.13. The van der Waals surface area contributed by atoms with E-state index < -0.39 is 5.97 Å². The summed E-state index contributed by atoms with van der Waals surface area (Å²) in [6, 6.07) is 1.37. The zero-order chi connectivity index (χ0) is 13.3. The van der Waals surface area contributed by atoms with Gasteiger partial charge in [0.1, 0.15) is 0 Å². The van der Waals surface area contributed by atoms with E-state index in [0.29, 0.717) is 10.9 Å². The minimum Gasteiger partial charge on any atom is -0.477 e. The Hall–Kier alpha value is -2.16. The maximum absolute atomic E-state index is 11.2. The predicted molar refractivity (Wildman–Crippen MR) is 61.7 cm³/mol. The zero-order valence-electron chi connectivity index (χ0n) is 9.54. The Morgan fingerprint density at radius 2 is 2.22 bits per heavy atom. The standard InChI is InChI=1S/C9H9N5O3S/c1-4-3-5(6(15)16)11-7(10-4)18-9-13-12-8(17)14(9)2/h3H,1-2H3,(H,12,17)(H,15,16). The normalized spacial score (nSPS) is 10.6. The van der Waals surface area contributed by atoms with Crippen molar-refractivity contribution in [1.29, 1.82) is 0 Å². The summed E-state index contributed by atoms with van der Waals surface area (Å²) in [6.07, 6.45) is 0. The summed E-state index contributed by atoms with van der Waals surface area (Å²) in [5.41, 5.74) is 0.0829. The lowest BCUT2D eigenvalue weighted by molar-refractivity contribution is 0.0689. The summed E-state index contributed by atoms with van der Waals surface area (Å²) in [7, 11) is 1.54. The monoisotopic (exact) mass is 267 g/mol. The van der Waals surface area contributed by atoms with E-state index in [0.717, 1.165) is 11.8 Å². The predicted octanol–water partition coefficient (Wildman–Crippen LogP) is 0.0562. The summed E-state index contributed by atoms with van der Waals surface area (Å²) < 4.78 is 1.29. The van der Waals surface area contributed by atoms with Gasteiger partial charge in [-0.05, 0) is 24.8 Å². The summed E-state index contributed by atoms with van der Waals surface area (Å²) in [5, 5.41) is 15.5. The van der Waals surface area contributed by atoms with E-state index in [1.807, 2.05) is 0 Å². The largest absolute Gasteiger partial charge is 0.477 e. The third-order valence-corrected chi connectivity index (χ3v) is 2.99. The Labute approximate surface area is 105 Å². The number of rotatable bonds is 3. The first-order chi connectivity index (χ1) is 8.47. The highest BCUT2D eigenvalue weighted by Crippen LogP contribution is 2.21. The lowest BCUT2D eigenvalue weighted by atomic mass is 10.3. The van der Waals surface area contributed by atoms with E-state index in [1.165, 1.54) is 10.6 Å². The molecule has 0 bridgehead atoms. The molecule has 0 saturated carbocycles. The van der Waals surface area contributed by atoms with Crippen LogP contribution in [0.3, 0.4) is 0 Å². The SMILES string of the molecule is Cc1cc(C(=O)O)nc(Sc2n[nH]c(=O)n2C)n1. The highest BCUT2D eigenvalue weighted by molar-refractivity contribution is 7.99. The Balaban J connectivity index is 2.37. The van der Waals surface area contributed by atoms with E-state index in [2.05, 4.69) is 20.2 Å². The smallest absolute Gasteiger partial charge is 0.354 e. The van der Waals surface area contributed by atoms with E-state index in [-0.39, 0.29) is 16.5 Å². The summed E-state index contributed by atoms with van der Waals surface area (Å²) in [4.78, 5) is 30.0. The highest BCUT2D eigenvalue weighted by Gasteiger charge is 2.12. The van der Waals surface area contributed by atoms with Crippen LogP contribution in [0.4, 0.5) is 0 Å². The molecule has 2 aromatic rings. The fourth-order valence-electron chi connectivity index (χ4n) is 1.20. The number of aromatic carboxylic acids is 1. The topological polar surface area (TPSA) is 114 Å². The number of aromatic amines is 1. The first kappa shape index (κ1) is 12.3. The van der Waals surface area contributed by atoms with Crippen LogP contribution in [0, 0.1) is 6.92 Å². The second kappa shape index (κ2) is 4.61. The average molecular weight is 267 g/mol. The van der Waals surface area contributed by atoms with Crippen LogP contribution < -0.4 is 5.69 Å². The van der Waals surface area contributed by atoms with Gasteiger partial charge < -0.3 is 5.11 Å². The maximum Gasteiger partial charge on any atom is 0.354 e. The van der Waals surface area contributed by atoms with Gasteiger partial charge in [0.15, 0.2) is 16.0 Å². The van der Waals surface area contributed by atoms with Crippen LogP contribution in [0.15, 0.2) is 21.2 Å². The molecule has 0 spiro atoms. The first-order valence-electron chi connectivity index (χ1n) is 4.85. The average Bonchev–Trinajstić information content (AvgIpc) is 2.60. The van der Waals surface area contributed by atoms with Gasteiger partial charge in [0.05, 0.1) is 0 Å². The molecule has 0 saturated heterocycles. The van der Waals surface area contributed by atoms with Crippen molar-refractivity contribution in [2.75, 3.05) is 0 Å². The Morgan fingerprint density at radius 1 is 1.50 bits per heavy atom. The molecule has 9 heteroatoms. The lowest BCUT2D eigenvalue weighted by Gasteiger charge is -2.01. The van der Waals surface area contributed by atoms with Gasteiger partial charge >= 0.3 is 11.7 Å². The van der Waals surface area contributed by atoms with Crippen molar-refractivity contribution in [3.8, 4) is 0 Å². The summed E-state index contributed by atoms with van der Waals surface area (Å²) in [6.45, 7) is 1.67. The number of H-pyrrole nitrogens is 1. The van der Waals surface area contributed by atoms with Crippen molar-refractivity contribution < 1.29 is 9.90 Å². The molecule has 0 fully saturated rings. The second-order valence-corrected chi connectivity index (χ2v) is 4.39. The van der Waals surface area contributed by atoms with Crippen LogP contribution in [0.5, 0.6) is 0 Å². The molecule has 0 aliphatic heterocycles. The lowest BCUT2D eigenvalue weighted by Crippen LogP contribution is -2.13. The van der Waals surface area contributed by atoms with Crippen molar-refractivity contribution in [2.24, 2.45) is 7.05 Å². The van der Waals surface area contributed by atoms with Gasteiger partial charge in [-0.25, -0.2) is 24.7 Å².